The molecule has 0 amide bonds. The van der Waals surface area contributed by atoms with Gasteiger partial charge in [0.25, 0.3) is 6.43 Å². The zero-order valence-corrected chi connectivity index (χ0v) is 9.52. The predicted molar refractivity (Wildman–Crippen MR) is 53.4 cm³/mol. The van der Waals surface area contributed by atoms with Crippen LogP contribution < -0.4 is 0 Å². The van der Waals surface area contributed by atoms with Gasteiger partial charge in [0.15, 0.2) is 0 Å². The van der Waals surface area contributed by atoms with Crippen molar-refractivity contribution in [2.24, 2.45) is 0 Å². The van der Waals surface area contributed by atoms with Crippen molar-refractivity contribution >= 4 is 33.5 Å². The number of hydrogen-bond donors (Lipinski definition) is 1. The van der Waals surface area contributed by atoms with Crippen molar-refractivity contribution in [3.63, 3.8) is 0 Å². The molecule has 1 N–H and O–H groups in total. The van der Waals surface area contributed by atoms with Crippen LogP contribution in [-0.4, -0.2) is 16.1 Å². The summed E-state index contributed by atoms with van der Waals surface area (Å²) in [6, 6.07) is 1.16. The molecule has 15 heavy (non-hydrogen) atoms. The second kappa shape index (κ2) is 4.85. The highest BCUT2D eigenvalue weighted by Gasteiger charge is 2.21. The van der Waals surface area contributed by atoms with E-state index in [1.165, 1.54) is 0 Å². The van der Waals surface area contributed by atoms with Gasteiger partial charge in [0.2, 0.25) is 0 Å². The molecule has 0 saturated heterocycles. The standard InChI is InChI=1S/C8H5BrClF2NO2/c9-5-4(8(14)15)1-3(2-10)13-6(5)7(11)12/h1,7H,2H2,(H,14,15). The van der Waals surface area contributed by atoms with E-state index in [0.29, 0.717) is 0 Å². The fourth-order valence-electron chi connectivity index (χ4n) is 0.973. The molecule has 0 aliphatic carbocycles. The van der Waals surface area contributed by atoms with Crippen LogP contribution in [0.25, 0.3) is 0 Å². The van der Waals surface area contributed by atoms with Gasteiger partial charge >= 0.3 is 5.97 Å². The fraction of sp³-hybridized carbons (Fsp3) is 0.250. The third-order valence-electron chi connectivity index (χ3n) is 1.61. The molecule has 0 spiro atoms. The molecular weight excluding hydrogens is 295 g/mol. The summed E-state index contributed by atoms with van der Waals surface area (Å²) in [5, 5.41) is 8.75. The molecular formula is C8H5BrClF2NO2. The Morgan fingerprint density at radius 2 is 2.27 bits per heavy atom. The van der Waals surface area contributed by atoms with Crippen molar-refractivity contribution in [3.05, 3.63) is 27.5 Å². The van der Waals surface area contributed by atoms with E-state index in [9.17, 15) is 13.6 Å². The van der Waals surface area contributed by atoms with Crippen LogP contribution in [0.3, 0.4) is 0 Å². The molecule has 3 nitrogen and oxygen atoms in total. The van der Waals surface area contributed by atoms with E-state index in [1.54, 1.807) is 0 Å². The van der Waals surface area contributed by atoms with Gasteiger partial charge in [-0.1, -0.05) is 0 Å². The first-order valence-corrected chi connectivity index (χ1v) is 5.06. The van der Waals surface area contributed by atoms with Crippen LogP contribution in [0.2, 0.25) is 0 Å². The van der Waals surface area contributed by atoms with E-state index in [0.717, 1.165) is 6.07 Å². The van der Waals surface area contributed by atoms with Crippen molar-refractivity contribution < 1.29 is 18.7 Å². The van der Waals surface area contributed by atoms with Gasteiger partial charge in [0.1, 0.15) is 5.69 Å². The maximum absolute atomic E-state index is 12.5. The summed E-state index contributed by atoms with van der Waals surface area (Å²) >= 11 is 8.20. The number of nitrogens with zero attached hydrogens (tertiary/aromatic N) is 1. The second-order valence-electron chi connectivity index (χ2n) is 2.60. The van der Waals surface area contributed by atoms with E-state index in [-0.39, 0.29) is 21.6 Å². The minimum Gasteiger partial charge on any atom is -0.478 e. The Morgan fingerprint density at radius 3 is 2.67 bits per heavy atom. The molecule has 1 aromatic rings. The largest absolute Gasteiger partial charge is 0.478 e. The van der Waals surface area contributed by atoms with Gasteiger partial charge in [0, 0.05) is 0 Å². The third-order valence-corrected chi connectivity index (χ3v) is 2.72. The molecule has 7 heteroatoms. The highest BCUT2D eigenvalue weighted by Crippen LogP contribution is 2.29. The number of halogens is 4. The molecule has 0 atom stereocenters. The second-order valence-corrected chi connectivity index (χ2v) is 3.66. The monoisotopic (exact) mass is 299 g/mol. The predicted octanol–water partition coefficient (Wildman–Crippen LogP) is 3.22. The van der Waals surface area contributed by atoms with Crippen LogP contribution in [-0.2, 0) is 5.88 Å². The average Bonchev–Trinajstić information content (AvgIpc) is 2.17. The number of carbonyl (C=O) groups is 1. The number of hydrogen-bond acceptors (Lipinski definition) is 2. The number of pyridine rings is 1. The number of carboxylic acid groups (broad SMARTS) is 1. The van der Waals surface area contributed by atoms with Crippen molar-refractivity contribution in [2.75, 3.05) is 0 Å². The Bertz CT molecular complexity index is 400. The lowest BCUT2D eigenvalue weighted by atomic mass is 10.2. The first-order chi connectivity index (χ1) is 6.97. The van der Waals surface area contributed by atoms with Crippen molar-refractivity contribution in [1.82, 2.24) is 4.98 Å². The molecule has 1 heterocycles. The molecule has 0 fully saturated rings. The highest BCUT2D eigenvalue weighted by atomic mass is 79.9. The SMILES string of the molecule is O=C(O)c1cc(CCl)nc(C(F)F)c1Br. The Balaban J connectivity index is 3.40. The van der Waals surface area contributed by atoms with Crippen molar-refractivity contribution in [3.8, 4) is 0 Å². The van der Waals surface area contributed by atoms with Gasteiger partial charge in [-0.05, 0) is 22.0 Å². The summed E-state index contributed by atoms with van der Waals surface area (Å²) < 4.78 is 24.7. The number of alkyl halides is 3. The van der Waals surface area contributed by atoms with Crippen LogP contribution in [0.5, 0.6) is 0 Å². The van der Waals surface area contributed by atoms with Crippen molar-refractivity contribution in [1.29, 1.82) is 0 Å². The summed E-state index contributed by atoms with van der Waals surface area (Å²) in [5.74, 6) is -1.43. The zero-order chi connectivity index (χ0) is 11.6. The van der Waals surface area contributed by atoms with Gasteiger partial charge in [0.05, 0.1) is 21.6 Å². The fourth-order valence-corrected chi connectivity index (χ4v) is 1.66. The van der Waals surface area contributed by atoms with Gasteiger partial charge in [-0.3, -0.25) is 0 Å². The molecule has 0 unspecified atom stereocenters. The number of carboxylic acids is 1. The summed E-state index contributed by atoms with van der Waals surface area (Å²) in [6.45, 7) is 0. The van der Waals surface area contributed by atoms with Crippen LogP contribution in [0, 0.1) is 0 Å². The number of rotatable bonds is 3. The first-order valence-electron chi connectivity index (χ1n) is 3.74. The highest BCUT2D eigenvalue weighted by molar-refractivity contribution is 9.10. The Labute approximate surface area is 97.2 Å². The smallest absolute Gasteiger partial charge is 0.336 e. The normalized spacial score (nSPS) is 10.7. The lowest BCUT2D eigenvalue weighted by Crippen LogP contribution is -2.05. The maximum atomic E-state index is 12.5. The van der Waals surface area contributed by atoms with E-state index < -0.39 is 18.1 Å². The number of aromatic carboxylic acids is 1. The van der Waals surface area contributed by atoms with Crippen LogP contribution >= 0.6 is 27.5 Å². The lowest BCUT2D eigenvalue weighted by Gasteiger charge is -2.07. The Kier molecular flexibility index (Phi) is 3.98. The molecule has 1 aromatic heterocycles. The van der Waals surface area contributed by atoms with Crippen molar-refractivity contribution in [2.45, 2.75) is 12.3 Å². The average molecular weight is 300 g/mol. The van der Waals surface area contributed by atoms with Gasteiger partial charge in [-0.2, -0.15) is 0 Å². The lowest BCUT2D eigenvalue weighted by molar-refractivity contribution is 0.0694. The zero-order valence-electron chi connectivity index (χ0n) is 7.18. The number of aromatic nitrogens is 1. The van der Waals surface area contributed by atoms with Crippen LogP contribution in [0.15, 0.2) is 10.5 Å². The van der Waals surface area contributed by atoms with Crippen LogP contribution in [0.4, 0.5) is 8.78 Å². The topological polar surface area (TPSA) is 50.2 Å². The molecule has 0 aromatic carbocycles. The minimum atomic E-state index is -2.85. The molecule has 0 radical (unpaired) electrons. The van der Waals surface area contributed by atoms with Gasteiger partial charge in [-0.25, -0.2) is 18.6 Å². The summed E-state index contributed by atoms with van der Waals surface area (Å²) in [4.78, 5) is 14.3. The van der Waals surface area contributed by atoms with E-state index in [2.05, 4.69) is 20.9 Å². The van der Waals surface area contributed by atoms with E-state index in [4.69, 9.17) is 16.7 Å². The Hall–Kier alpha value is -0.750. The Morgan fingerprint density at radius 1 is 1.67 bits per heavy atom. The molecule has 0 bridgehead atoms. The van der Waals surface area contributed by atoms with Gasteiger partial charge < -0.3 is 5.11 Å². The molecule has 0 aliphatic rings. The van der Waals surface area contributed by atoms with Gasteiger partial charge in [-0.15, -0.1) is 11.6 Å². The molecule has 1 rings (SSSR count). The third kappa shape index (κ3) is 2.63. The van der Waals surface area contributed by atoms with Crippen LogP contribution in [0.1, 0.15) is 28.2 Å². The molecule has 0 aliphatic heterocycles. The molecule has 82 valence electrons. The maximum Gasteiger partial charge on any atom is 0.336 e. The summed E-state index contributed by atoms with van der Waals surface area (Å²) in [7, 11) is 0. The minimum absolute atomic E-state index is 0.104. The van der Waals surface area contributed by atoms with E-state index in [1.807, 2.05) is 0 Å². The summed E-state index contributed by atoms with van der Waals surface area (Å²) in [5.41, 5.74) is -0.769. The van der Waals surface area contributed by atoms with E-state index >= 15 is 0 Å². The quantitative estimate of drug-likeness (QED) is 0.872. The first kappa shape index (κ1) is 12.3. The molecule has 0 saturated carbocycles. The summed E-state index contributed by atoms with van der Waals surface area (Å²) in [6.07, 6.45) is -2.85.